The Kier molecular flexibility index (Phi) is 6.49. The number of para-hydroxylation sites is 2. The molecular formula is C27H32N4O4. The highest BCUT2D eigenvalue weighted by Crippen LogP contribution is 2.32. The first kappa shape index (κ1) is 23.4. The van der Waals surface area contributed by atoms with Crippen LogP contribution in [0.2, 0.25) is 0 Å². The van der Waals surface area contributed by atoms with Gasteiger partial charge in [-0.05, 0) is 25.1 Å². The average molecular weight is 477 g/mol. The predicted molar refractivity (Wildman–Crippen MR) is 133 cm³/mol. The molecule has 35 heavy (non-hydrogen) atoms. The van der Waals surface area contributed by atoms with Crippen LogP contribution >= 0.6 is 0 Å². The molecule has 0 saturated carbocycles. The highest BCUT2D eigenvalue weighted by atomic mass is 16.5. The van der Waals surface area contributed by atoms with E-state index in [0.717, 1.165) is 35.3 Å². The molecule has 0 radical (unpaired) electrons. The number of benzene rings is 2. The van der Waals surface area contributed by atoms with E-state index < -0.39 is 5.54 Å². The number of carbonyl (C=O) groups is 2. The van der Waals surface area contributed by atoms with E-state index in [1.807, 2.05) is 66.1 Å². The maximum atomic E-state index is 13.8. The van der Waals surface area contributed by atoms with Gasteiger partial charge in [0.1, 0.15) is 17.0 Å². The lowest BCUT2D eigenvalue weighted by Gasteiger charge is -2.45. The zero-order valence-corrected chi connectivity index (χ0v) is 20.3. The number of nitrogens with zero attached hydrogens (tertiary/aromatic N) is 3. The van der Waals surface area contributed by atoms with Crippen molar-refractivity contribution in [1.82, 2.24) is 19.7 Å². The number of hydrogen-bond donors (Lipinski definition) is 1. The number of methoxy groups -OCH3 is 1. The summed E-state index contributed by atoms with van der Waals surface area (Å²) in [4.78, 5) is 31.6. The third kappa shape index (κ3) is 4.39. The average Bonchev–Trinajstić information content (AvgIpc) is 3.26. The van der Waals surface area contributed by atoms with Crippen LogP contribution in [0.5, 0.6) is 5.75 Å². The summed E-state index contributed by atoms with van der Waals surface area (Å²) < 4.78 is 12.9. The van der Waals surface area contributed by atoms with Crippen LogP contribution in [0.4, 0.5) is 0 Å². The molecule has 1 fully saturated rings. The number of morpholine rings is 1. The number of amides is 2. The first-order valence-electron chi connectivity index (χ1n) is 12.1. The molecule has 0 unspecified atom stereocenters. The van der Waals surface area contributed by atoms with Gasteiger partial charge in [-0.15, -0.1) is 0 Å². The predicted octanol–water partition coefficient (Wildman–Crippen LogP) is 2.51. The van der Waals surface area contributed by atoms with Gasteiger partial charge >= 0.3 is 0 Å². The summed E-state index contributed by atoms with van der Waals surface area (Å²) in [7, 11) is 1.62. The smallest absolute Gasteiger partial charge is 0.271 e. The second kappa shape index (κ2) is 9.71. The molecule has 5 rings (SSSR count). The van der Waals surface area contributed by atoms with Crippen LogP contribution < -0.4 is 10.1 Å². The second-order valence-electron chi connectivity index (χ2n) is 9.35. The number of fused-ring (bicyclic) bond motifs is 3. The number of aromatic nitrogens is 1. The Morgan fingerprint density at radius 3 is 2.63 bits per heavy atom. The zero-order chi connectivity index (χ0) is 24.4. The van der Waals surface area contributed by atoms with Gasteiger partial charge in [-0.25, -0.2) is 0 Å². The van der Waals surface area contributed by atoms with Gasteiger partial charge < -0.3 is 24.3 Å². The molecule has 2 aromatic carbocycles. The molecule has 1 saturated heterocycles. The van der Waals surface area contributed by atoms with E-state index in [1.165, 1.54) is 0 Å². The van der Waals surface area contributed by atoms with Gasteiger partial charge in [-0.3, -0.25) is 14.5 Å². The van der Waals surface area contributed by atoms with E-state index in [9.17, 15) is 9.59 Å². The van der Waals surface area contributed by atoms with Crippen molar-refractivity contribution < 1.29 is 19.1 Å². The lowest BCUT2D eigenvalue weighted by Crippen LogP contribution is -2.65. The molecule has 2 aliphatic rings. The molecular weight excluding hydrogens is 444 g/mol. The summed E-state index contributed by atoms with van der Waals surface area (Å²) in [5.41, 5.74) is 1.44. The molecule has 2 amide bonds. The van der Waals surface area contributed by atoms with Gasteiger partial charge in [-0.2, -0.15) is 0 Å². The highest BCUT2D eigenvalue weighted by Gasteiger charge is 2.47. The van der Waals surface area contributed by atoms with Gasteiger partial charge in [0.25, 0.3) is 5.91 Å². The van der Waals surface area contributed by atoms with Crippen LogP contribution in [0, 0.1) is 0 Å². The molecule has 184 valence electrons. The fourth-order valence-electron chi connectivity index (χ4n) is 5.14. The lowest BCUT2D eigenvalue weighted by atomic mass is 9.94. The second-order valence-corrected chi connectivity index (χ2v) is 9.35. The highest BCUT2D eigenvalue weighted by molar-refractivity contribution is 6.03. The van der Waals surface area contributed by atoms with Crippen molar-refractivity contribution in [1.29, 1.82) is 0 Å². The molecule has 1 atom stereocenters. The first-order chi connectivity index (χ1) is 17.0. The number of ether oxygens (including phenoxy) is 2. The molecule has 0 spiro atoms. The maximum absolute atomic E-state index is 13.8. The molecule has 3 aromatic rings. The van der Waals surface area contributed by atoms with Gasteiger partial charge in [-0.1, -0.05) is 36.4 Å². The summed E-state index contributed by atoms with van der Waals surface area (Å²) in [5.74, 6) is 0.429. The van der Waals surface area contributed by atoms with Crippen molar-refractivity contribution in [2.45, 2.75) is 25.6 Å². The molecule has 0 aliphatic carbocycles. The molecule has 8 heteroatoms. The van der Waals surface area contributed by atoms with Gasteiger partial charge in [0.05, 0.1) is 26.9 Å². The van der Waals surface area contributed by atoms with Crippen LogP contribution in [-0.4, -0.2) is 78.2 Å². The van der Waals surface area contributed by atoms with Crippen molar-refractivity contribution in [2.75, 3.05) is 46.5 Å². The third-order valence-corrected chi connectivity index (χ3v) is 7.20. The van der Waals surface area contributed by atoms with E-state index in [-0.39, 0.29) is 11.8 Å². The first-order valence-corrected chi connectivity index (χ1v) is 12.1. The van der Waals surface area contributed by atoms with E-state index >= 15 is 0 Å². The minimum atomic E-state index is -1.04. The molecule has 8 nitrogen and oxygen atoms in total. The minimum Gasteiger partial charge on any atom is -0.496 e. The van der Waals surface area contributed by atoms with Crippen molar-refractivity contribution in [3.8, 4) is 5.75 Å². The largest absolute Gasteiger partial charge is 0.496 e. The molecule has 2 aliphatic heterocycles. The number of hydrogen-bond acceptors (Lipinski definition) is 5. The molecule has 0 bridgehead atoms. The summed E-state index contributed by atoms with van der Waals surface area (Å²) in [6.45, 7) is 6.81. The summed E-state index contributed by atoms with van der Waals surface area (Å²) >= 11 is 0. The SMILES string of the molecule is COc1ccccc1CNC(=O)[C@@]1(C)Cn2c(cc3ccccc32)C(=O)N1CCN1CCOCC1. The van der Waals surface area contributed by atoms with Gasteiger partial charge in [0, 0.05) is 49.2 Å². The lowest BCUT2D eigenvalue weighted by molar-refractivity contribution is -0.133. The molecule has 3 heterocycles. The van der Waals surface area contributed by atoms with E-state index in [0.29, 0.717) is 45.1 Å². The Hall–Kier alpha value is -3.36. The molecule has 1 N–H and O–H groups in total. The Labute approximate surface area is 205 Å². The number of carbonyl (C=O) groups excluding carboxylic acids is 2. The number of rotatable bonds is 7. The summed E-state index contributed by atoms with van der Waals surface area (Å²) in [6, 6.07) is 17.5. The summed E-state index contributed by atoms with van der Waals surface area (Å²) in [5, 5.41) is 4.09. The Balaban J connectivity index is 1.44. The topological polar surface area (TPSA) is 76.0 Å². The maximum Gasteiger partial charge on any atom is 0.271 e. The van der Waals surface area contributed by atoms with Crippen molar-refractivity contribution >= 4 is 22.7 Å². The van der Waals surface area contributed by atoms with Crippen LogP contribution in [0.15, 0.2) is 54.6 Å². The van der Waals surface area contributed by atoms with Crippen LogP contribution in [-0.2, 0) is 22.6 Å². The van der Waals surface area contributed by atoms with Crippen LogP contribution in [0.3, 0.4) is 0 Å². The Morgan fingerprint density at radius 1 is 1.09 bits per heavy atom. The van der Waals surface area contributed by atoms with E-state index in [4.69, 9.17) is 9.47 Å². The Bertz CT molecular complexity index is 1230. The van der Waals surface area contributed by atoms with Crippen LogP contribution in [0.1, 0.15) is 23.0 Å². The zero-order valence-electron chi connectivity index (χ0n) is 20.3. The number of nitrogens with one attached hydrogen (secondary N) is 1. The van der Waals surface area contributed by atoms with Crippen molar-refractivity contribution in [2.24, 2.45) is 0 Å². The quantitative estimate of drug-likeness (QED) is 0.567. The van der Waals surface area contributed by atoms with E-state index in [1.54, 1.807) is 12.0 Å². The third-order valence-electron chi connectivity index (χ3n) is 7.20. The normalized spacial score (nSPS) is 20.6. The van der Waals surface area contributed by atoms with Gasteiger partial charge in [0.15, 0.2) is 0 Å². The Morgan fingerprint density at radius 2 is 1.83 bits per heavy atom. The monoisotopic (exact) mass is 476 g/mol. The fraction of sp³-hybridized carbons (Fsp3) is 0.407. The standard InChI is InChI=1S/C27H32N4O4/c1-27(26(33)28-18-21-8-4-6-10-24(21)34-2)19-30-22-9-5-3-7-20(22)17-23(30)25(32)31(27)12-11-29-13-15-35-16-14-29/h3-10,17H,11-16,18-19H2,1-2H3,(H,28,33)/t27-/m1/s1. The van der Waals surface area contributed by atoms with Crippen LogP contribution in [0.25, 0.3) is 10.9 Å². The summed E-state index contributed by atoms with van der Waals surface area (Å²) in [6.07, 6.45) is 0. The molecule has 1 aromatic heterocycles. The van der Waals surface area contributed by atoms with Gasteiger partial charge in [0.2, 0.25) is 5.91 Å². The van der Waals surface area contributed by atoms with E-state index in [2.05, 4.69) is 10.2 Å². The van der Waals surface area contributed by atoms with Crippen molar-refractivity contribution in [3.05, 3.63) is 65.9 Å². The minimum absolute atomic E-state index is 0.115. The fourth-order valence-corrected chi connectivity index (χ4v) is 5.14. The van der Waals surface area contributed by atoms with Crippen molar-refractivity contribution in [3.63, 3.8) is 0 Å².